The largest absolute Gasteiger partial charge is 0.493 e. The van der Waals surface area contributed by atoms with Crippen LogP contribution in [0, 0.1) is 11.8 Å². The van der Waals surface area contributed by atoms with Gasteiger partial charge in [-0.1, -0.05) is 44.2 Å². The fourth-order valence-corrected chi connectivity index (χ4v) is 3.40. The molecule has 5 nitrogen and oxygen atoms in total. The van der Waals surface area contributed by atoms with Crippen LogP contribution in [0.5, 0.6) is 5.75 Å². The molecule has 0 aliphatic carbocycles. The maximum atomic E-state index is 12.9. The van der Waals surface area contributed by atoms with Crippen LogP contribution >= 0.6 is 0 Å². The first-order chi connectivity index (χ1) is 13.0. The number of carbonyl (C=O) groups excluding carboxylic acids is 1. The van der Waals surface area contributed by atoms with Gasteiger partial charge in [0.2, 0.25) is 0 Å². The van der Waals surface area contributed by atoms with Gasteiger partial charge in [0.15, 0.2) is 0 Å². The van der Waals surface area contributed by atoms with Crippen molar-refractivity contribution in [3.63, 3.8) is 0 Å². The second-order valence-electron chi connectivity index (χ2n) is 7.40. The van der Waals surface area contributed by atoms with E-state index in [4.69, 9.17) is 4.74 Å². The first kappa shape index (κ1) is 19.0. The van der Waals surface area contributed by atoms with Crippen LogP contribution in [0.3, 0.4) is 0 Å². The van der Waals surface area contributed by atoms with E-state index < -0.39 is 11.9 Å². The average molecular weight is 367 g/mol. The number of hydrogen-bond donors (Lipinski definition) is 1. The highest BCUT2D eigenvalue weighted by Crippen LogP contribution is 2.33. The third kappa shape index (κ3) is 4.48. The monoisotopic (exact) mass is 367 g/mol. The van der Waals surface area contributed by atoms with Crippen LogP contribution in [-0.2, 0) is 4.79 Å². The molecule has 0 radical (unpaired) electrons. The fraction of sp³-hybridized carbons (Fsp3) is 0.364. The Morgan fingerprint density at radius 1 is 1.07 bits per heavy atom. The number of nitrogens with zero attached hydrogens (tertiary/aromatic N) is 1. The lowest BCUT2D eigenvalue weighted by Crippen LogP contribution is -2.29. The number of carbonyl (C=O) groups is 2. The normalized spacial score (nSPS) is 19.3. The molecule has 0 spiro atoms. The van der Waals surface area contributed by atoms with E-state index in [0.29, 0.717) is 24.6 Å². The third-order valence-corrected chi connectivity index (χ3v) is 4.84. The number of carboxylic acids is 1. The Kier molecular flexibility index (Phi) is 5.79. The first-order valence-corrected chi connectivity index (χ1v) is 9.25. The van der Waals surface area contributed by atoms with Crippen molar-refractivity contribution in [3.8, 4) is 5.75 Å². The van der Waals surface area contributed by atoms with Gasteiger partial charge in [0.05, 0.1) is 12.5 Å². The lowest BCUT2D eigenvalue weighted by Gasteiger charge is -2.17. The summed E-state index contributed by atoms with van der Waals surface area (Å²) in [5.74, 6) is -0.635. The number of aliphatic carboxylic acids is 1. The summed E-state index contributed by atoms with van der Waals surface area (Å²) in [4.78, 5) is 26.2. The Morgan fingerprint density at radius 3 is 2.33 bits per heavy atom. The maximum Gasteiger partial charge on any atom is 0.308 e. The molecule has 0 aromatic heterocycles. The van der Waals surface area contributed by atoms with E-state index in [0.717, 1.165) is 11.3 Å². The topological polar surface area (TPSA) is 66.8 Å². The predicted molar refractivity (Wildman–Crippen MR) is 103 cm³/mol. The van der Waals surface area contributed by atoms with Crippen LogP contribution < -0.4 is 4.74 Å². The molecule has 1 aliphatic rings. The molecule has 1 aliphatic heterocycles. The minimum Gasteiger partial charge on any atom is -0.493 e. The van der Waals surface area contributed by atoms with Gasteiger partial charge >= 0.3 is 5.97 Å². The molecule has 1 heterocycles. The quantitative estimate of drug-likeness (QED) is 0.846. The highest BCUT2D eigenvalue weighted by Gasteiger charge is 2.40. The van der Waals surface area contributed by atoms with E-state index in [9.17, 15) is 14.7 Å². The minimum absolute atomic E-state index is 0.143. The molecule has 1 fully saturated rings. The van der Waals surface area contributed by atoms with Gasteiger partial charge < -0.3 is 14.7 Å². The van der Waals surface area contributed by atoms with E-state index >= 15 is 0 Å². The number of benzene rings is 2. The second-order valence-corrected chi connectivity index (χ2v) is 7.40. The van der Waals surface area contributed by atoms with E-state index in [1.54, 1.807) is 29.2 Å². The number of likely N-dealkylation sites (tertiary alicyclic amines) is 1. The van der Waals surface area contributed by atoms with Gasteiger partial charge in [0.1, 0.15) is 5.75 Å². The summed E-state index contributed by atoms with van der Waals surface area (Å²) < 4.78 is 5.65. The van der Waals surface area contributed by atoms with Gasteiger partial charge in [-0.15, -0.1) is 0 Å². The van der Waals surface area contributed by atoms with Crippen molar-refractivity contribution in [2.45, 2.75) is 19.8 Å². The standard InChI is InChI=1S/C22H25NO4/c1-15(2)14-27-18-10-8-17(9-11-18)21(24)23-12-19(20(13-23)22(25)26)16-6-4-3-5-7-16/h3-11,15,19-20H,12-14H2,1-2H3,(H,25,26). The van der Waals surface area contributed by atoms with Crippen molar-refractivity contribution in [1.29, 1.82) is 0 Å². The molecule has 3 rings (SSSR count). The molecule has 1 amide bonds. The molecule has 0 saturated carbocycles. The van der Waals surface area contributed by atoms with E-state index in [1.165, 1.54) is 0 Å². The van der Waals surface area contributed by atoms with Gasteiger partial charge in [-0.05, 0) is 35.7 Å². The molecule has 1 saturated heterocycles. The molecular formula is C22H25NO4. The Hall–Kier alpha value is -2.82. The van der Waals surface area contributed by atoms with Crippen LogP contribution in [0.1, 0.15) is 35.7 Å². The summed E-state index contributed by atoms with van der Waals surface area (Å²) in [5.41, 5.74) is 1.50. The van der Waals surface area contributed by atoms with Crippen molar-refractivity contribution in [2.24, 2.45) is 11.8 Å². The van der Waals surface area contributed by atoms with Gasteiger partial charge in [0, 0.05) is 24.6 Å². The lowest BCUT2D eigenvalue weighted by molar-refractivity contribution is -0.141. The van der Waals surface area contributed by atoms with Gasteiger partial charge in [-0.25, -0.2) is 0 Å². The molecular weight excluding hydrogens is 342 g/mol. The Balaban J connectivity index is 1.72. The zero-order chi connectivity index (χ0) is 19.4. The minimum atomic E-state index is -0.864. The molecule has 5 heteroatoms. The van der Waals surface area contributed by atoms with Gasteiger partial charge in [0.25, 0.3) is 5.91 Å². The van der Waals surface area contributed by atoms with Crippen LogP contribution in [-0.4, -0.2) is 41.6 Å². The highest BCUT2D eigenvalue weighted by atomic mass is 16.5. The number of rotatable bonds is 6. The smallest absolute Gasteiger partial charge is 0.308 e. The zero-order valence-corrected chi connectivity index (χ0v) is 15.7. The zero-order valence-electron chi connectivity index (χ0n) is 15.7. The molecule has 27 heavy (non-hydrogen) atoms. The second kappa shape index (κ2) is 8.25. The van der Waals surface area contributed by atoms with Crippen LogP contribution in [0.15, 0.2) is 54.6 Å². The van der Waals surface area contributed by atoms with Crippen LogP contribution in [0.4, 0.5) is 0 Å². The molecule has 142 valence electrons. The van der Waals surface area contributed by atoms with E-state index in [1.807, 2.05) is 30.3 Å². The number of hydrogen-bond acceptors (Lipinski definition) is 3. The maximum absolute atomic E-state index is 12.9. The van der Waals surface area contributed by atoms with Crippen molar-refractivity contribution in [1.82, 2.24) is 4.90 Å². The molecule has 2 aromatic rings. The molecule has 2 atom stereocenters. The lowest BCUT2D eigenvalue weighted by atomic mass is 9.89. The number of carboxylic acid groups (broad SMARTS) is 1. The predicted octanol–water partition coefficient (Wildman–Crippen LogP) is 3.66. The van der Waals surface area contributed by atoms with E-state index in [2.05, 4.69) is 13.8 Å². The Labute approximate surface area is 159 Å². The summed E-state index contributed by atoms with van der Waals surface area (Å²) >= 11 is 0. The summed E-state index contributed by atoms with van der Waals surface area (Å²) in [6.07, 6.45) is 0. The first-order valence-electron chi connectivity index (χ1n) is 9.25. The van der Waals surface area contributed by atoms with Crippen molar-refractivity contribution in [3.05, 3.63) is 65.7 Å². The fourth-order valence-electron chi connectivity index (χ4n) is 3.40. The highest BCUT2D eigenvalue weighted by molar-refractivity contribution is 5.95. The van der Waals surface area contributed by atoms with Crippen LogP contribution in [0.25, 0.3) is 0 Å². The number of amides is 1. The molecule has 0 bridgehead atoms. The summed E-state index contributed by atoms with van der Waals surface area (Å²) in [7, 11) is 0. The van der Waals surface area contributed by atoms with Crippen molar-refractivity contribution >= 4 is 11.9 Å². The SMILES string of the molecule is CC(C)COc1ccc(C(=O)N2CC(C(=O)O)C(c3ccccc3)C2)cc1. The molecule has 1 N–H and O–H groups in total. The summed E-state index contributed by atoms with van der Waals surface area (Å²) in [6.45, 7) is 5.41. The van der Waals surface area contributed by atoms with Crippen molar-refractivity contribution in [2.75, 3.05) is 19.7 Å². The molecule has 2 unspecified atom stereocenters. The Morgan fingerprint density at radius 2 is 1.74 bits per heavy atom. The van der Waals surface area contributed by atoms with Gasteiger partial charge in [-0.2, -0.15) is 0 Å². The van der Waals surface area contributed by atoms with Crippen LogP contribution in [0.2, 0.25) is 0 Å². The number of ether oxygens (including phenoxy) is 1. The van der Waals surface area contributed by atoms with Crippen molar-refractivity contribution < 1.29 is 19.4 Å². The summed E-state index contributed by atoms with van der Waals surface area (Å²) in [6, 6.07) is 16.6. The molecule has 2 aromatic carbocycles. The third-order valence-electron chi connectivity index (χ3n) is 4.84. The van der Waals surface area contributed by atoms with Gasteiger partial charge in [-0.3, -0.25) is 9.59 Å². The Bertz CT molecular complexity index is 786. The summed E-state index contributed by atoms with van der Waals surface area (Å²) in [5, 5.41) is 9.60. The van der Waals surface area contributed by atoms with E-state index in [-0.39, 0.29) is 18.4 Å². The average Bonchev–Trinajstić information content (AvgIpc) is 3.13.